The first-order valence-electron chi connectivity index (χ1n) is 4.90. The third-order valence-corrected chi connectivity index (χ3v) is 2.30. The van der Waals surface area contributed by atoms with Crippen LogP contribution in [0.3, 0.4) is 0 Å². The number of hydrogen-bond acceptors (Lipinski definition) is 4. The first-order chi connectivity index (χ1) is 7.83. The molecule has 0 aliphatic carbocycles. The molecule has 0 fully saturated rings. The molecule has 0 amide bonds. The summed E-state index contributed by atoms with van der Waals surface area (Å²) in [7, 11) is 1.57. The molecule has 2 rings (SSSR count). The molecule has 0 radical (unpaired) electrons. The van der Waals surface area contributed by atoms with Gasteiger partial charge in [-0.1, -0.05) is 18.2 Å². The highest BCUT2D eigenvalue weighted by atomic mass is 16.5. The molecule has 0 saturated carbocycles. The van der Waals surface area contributed by atoms with Gasteiger partial charge in [-0.05, 0) is 6.07 Å². The predicted octanol–water partition coefficient (Wildman–Crippen LogP) is 1.57. The lowest BCUT2D eigenvalue weighted by Gasteiger charge is -2.13. The van der Waals surface area contributed by atoms with Crippen LogP contribution in [0.15, 0.2) is 42.9 Å². The molecule has 16 heavy (non-hydrogen) atoms. The van der Waals surface area contributed by atoms with Gasteiger partial charge in [-0.15, -0.1) is 0 Å². The van der Waals surface area contributed by atoms with Gasteiger partial charge in [0.1, 0.15) is 11.9 Å². The van der Waals surface area contributed by atoms with Gasteiger partial charge in [0.2, 0.25) is 0 Å². The minimum Gasteiger partial charge on any atom is -0.496 e. The predicted molar refractivity (Wildman–Crippen MR) is 59.1 cm³/mol. The molecule has 1 aromatic carbocycles. The number of methoxy groups -OCH3 is 1. The van der Waals surface area contributed by atoms with Crippen molar-refractivity contribution in [3.05, 3.63) is 54.1 Å². The summed E-state index contributed by atoms with van der Waals surface area (Å²) in [5.74, 6) is 0.639. The largest absolute Gasteiger partial charge is 0.496 e. The van der Waals surface area contributed by atoms with Crippen molar-refractivity contribution in [2.75, 3.05) is 7.11 Å². The Bertz CT molecular complexity index is 460. The first kappa shape index (κ1) is 10.6. The van der Waals surface area contributed by atoms with Gasteiger partial charge in [-0.2, -0.15) is 0 Å². The molecule has 1 unspecified atom stereocenters. The fourth-order valence-electron chi connectivity index (χ4n) is 1.50. The molecule has 0 spiro atoms. The third kappa shape index (κ3) is 2.01. The number of nitrogens with zero attached hydrogens (tertiary/aromatic N) is 2. The summed E-state index contributed by atoms with van der Waals surface area (Å²) in [4.78, 5) is 7.99. The number of aliphatic hydroxyl groups is 1. The van der Waals surface area contributed by atoms with Crippen molar-refractivity contribution in [3.63, 3.8) is 0 Å². The zero-order chi connectivity index (χ0) is 11.4. The van der Waals surface area contributed by atoms with Crippen LogP contribution in [0.4, 0.5) is 0 Å². The second kappa shape index (κ2) is 4.72. The van der Waals surface area contributed by atoms with E-state index in [4.69, 9.17) is 4.74 Å². The lowest BCUT2D eigenvalue weighted by atomic mass is 10.1. The molecule has 4 nitrogen and oxygen atoms in total. The Morgan fingerprint density at radius 3 is 2.75 bits per heavy atom. The number of hydrogen-bond donors (Lipinski definition) is 1. The van der Waals surface area contributed by atoms with Gasteiger partial charge in [0.25, 0.3) is 0 Å². The molecule has 0 aliphatic rings. The first-order valence-corrected chi connectivity index (χ1v) is 4.90. The molecule has 4 heteroatoms. The van der Waals surface area contributed by atoms with E-state index < -0.39 is 6.10 Å². The Morgan fingerprint density at radius 1 is 1.25 bits per heavy atom. The van der Waals surface area contributed by atoms with Gasteiger partial charge in [0.05, 0.1) is 19.0 Å². The lowest BCUT2D eigenvalue weighted by molar-refractivity contribution is 0.209. The van der Waals surface area contributed by atoms with E-state index >= 15 is 0 Å². The summed E-state index contributed by atoms with van der Waals surface area (Å²) < 4.78 is 5.18. The zero-order valence-electron chi connectivity index (χ0n) is 8.87. The summed E-state index contributed by atoms with van der Waals surface area (Å²) >= 11 is 0. The zero-order valence-corrected chi connectivity index (χ0v) is 8.87. The second-order valence-electron chi connectivity index (χ2n) is 3.27. The van der Waals surface area contributed by atoms with E-state index in [9.17, 15) is 5.11 Å². The van der Waals surface area contributed by atoms with E-state index in [0.29, 0.717) is 17.0 Å². The fourth-order valence-corrected chi connectivity index (χ4v) is 1.50. The Kier molecular flexibility index (Phi) is 3.12. The molecular weight excluding hydrogens is 204 g/mol. The fraction of sp³-hybridized carbons (Fsp3) is 0.167. The minimum atomic E-state index is -0.815. The van der Waals surface area contributed by atoms with Gasteiger partial charge >= 0.3 is 0 Å². The van der Waals surface area contributed by atoms with Crippen molar-refractivity contribution in [1.82, 2.24) is 9.97 Å². The minimum absolute atomic E-state index is 0.506. The maximum absolute atomic E-state index is 10.1. The molecule has 2 aromatic rings. The molecule has 0 aliphatic heterocycles. The average Bonchev–Trinajstić information content (AvgIpc) is 2.39. The van der Waals surface area contributed by atoms with E-state index in [1.54, 1.807) is 31.6 Å². The molecule has 0 bridgehead atoms. The topological polar surface area (TPSA) is 55.2 Å². The number of aliphatic hydroxyl groups excluding tert-OH is 1. The Labute approximate surface area is 93.6 Å². The van der Waals surface area contributed by atoms with Crippen LogP contribution in [0.2, 0.25) is 0 Å². The second-order valence-corrected chi connectivity index (χ2v) is 3.27. The van der Waals surface area contributed by atoms with E-state index in [1.807, 2.05) is 12.1 Å². The van der Waals surface area contributed by atoms with Gasteiger partial charge in [-0.25, -0.2) is 0 Å². The van der Waals surface area contributed by atoms with Crippen molar-refractivity contribution in [2.45, 2.75) is 6.10 Å². The third-order valence-electron chi connectivity index (χ3n) is 2.30. The Balaban J connectivity index is 2.37. The van der Waals surface area contributed by atoms with Crippen LogP contribution in [0, 0.1) is 0 Å². The molecule has 1 aromatic heterocycles. The lowest BCUT2D eigenvalue weighted by Crippen LogP contribution is -2.04. The van der Waals surface area contributed by atoms with Gasteiger partial charge in [0, 0.05) is 18.0 Å². The molecule has 1 heterocycles. The van der Waals surface area contributed by atoms with Crippen LogP contribution >= 0.6 is 0 Å². The highest BCUT2D eigenvalue weighted by molar-refractivity contribution is 5.38. The van der Waals surface area contributed by atoms with E-state index in [0.717, 1.165) is 0 Å². The normalized spacial score (nSPS) is 12.1. The van der Waals surface area contributed by atoms with Crippen LogP contribution < -0.4 is 4.74 Å². The summed E-state index contributed by atoms with van der Waals surface area (Å²) in [5, 5.41) is 10.1. The average molecular weight is 216 g/mol. The summed E-state index contributed by atoms with van der Waals surface area (Å²) in [5.41, 5.74) is 1.19. The molecular formula is C12H12N2O2. The highest BCUT2D eigenvalue weighted by Crippen LogP contribution is 2.27. The molecule has 82 valence electrons. The Hall–Kier alpha value is -1.94. The van der Waals surface area contributed by atoms with E-state index in [2.05, 4.69) is 9.97 Å². The van der Waals surface area contributed by atoms with Crippen LogP contribution in [0.25, 0.3) is 0 Å². The van der Waals surface area contributed by atoms with Crippen LogP contribution in [0.5, 0.6) is 5.75 Å². The van der Waals surface area contributed by atoms with Gasteiger partial charge < -0.3 is 9.84 Å². The molecule has 1 atom stereocenters. The monoisotopic (exact) mass is 216 g/mol. The summed E-state index contributed by atoms with van der Waals surface area (Å²) in [6.45, 7) is 0. The Morgan fingerprint density at radius 2 is 2.06 bits per heavy atom. The maximum Gasteiger partial charge on any atom is 0.126 e. The quantitative estimate of drug-likeness (QED) is 0.846. The van der Waals surface area contributed by atoms with Crippen LogP contribution in [-0.4, -0.2) is 22.2 Å². The maximum atomic E-state index is 10.1. The van der Waals surface area contributed by atoms with E-state index in [-0.39, 0.29) is 0 Å². The highest BCUT2D eigenvalue weighted by Gasteiger charge is 2.15. The van der Waals surface area contributed by atoms with Crippen molar-refractivity contribution in [1.29, 1.82) is 0 Å². The molecule has 0 saturated heterocycles. The number of ether oxygens (including phenoxy) is 1. The number of benzene rings is 1. The van der Waals surface area contributed by atoms with Gasteiger partial charge in [0.15, 0.2) is 0 Å². The molecule has 1 N–H and O–H groups in total. The van der Waals surface area contributed by atoms with Crippen molar-refractivity contribution < 1.29 is 9.84 Å². The van der Waals surface area contributed by atoms with Gasteiger partial charge in [-0.3, -0.25) is 9.97 Å². The SMILES string of the molecule is COc1ccccc1C(O)c1cnccn1. The summed E-state index contributed by atoms with van der Waals surface area (Å²) in [6, 6.07) is 7.30. The van der Waals surface area contributed by atoms with Crippen molar-refractivity contribution in [2.24, 2.45) is 0 Å². The van der Waals surface area contributed by atoms with Crippen LogP contribution in [-0.2, 0) is 0 Å². The number of para-hydroxylation sites is 1. The standard InChI is InChI=1S/C12H12N2O2/c1-16-11-5-3-2-4-9(11)12(15)10-8-13-6-7-14-10/h2-8,12,15H,1H3. The summed E-state index contributed by atoms with van der Waals surface area (Å²) in [6.07, 6.45) is 3.84. The van der Waals surface area contributed by atoms with Crippen LogP contribution in [0.1, 0.15) is 17.4 Å². The van der Waals surface area contributed by atoms with Crippen molar-refractivity contribution in [3.8, 4) is 5.75 Å². The van der Waals surface area contributed by atoms with E-state index in [1.165, 1.54) is 6.20 Å². The van der Waals surface area contributed by atoms with Crippen molar-refractivity contribution >= 4 is 0 Å². The number of rotatable bonds is 3. The number of aromatic nitrogens is 2. The smallest absolute Gasteiger partial charge is 0.126 e.